The molecule has 1 aromatic rings. The molecular weight excluding hydrogens is 232 g/mol. The zero-order chi connectivity index (χ0) is 12.6. The van der Waals surface area contributed by atoms with Gasteiger partial charge < -0.3 is 14.6 Å². The number of aryl methyl sites for hydroxylation is 1. The minimum atomic E-state index is -0.785. The van der Waals surface area contributed by atoms with E-state index in [1.807, 2.05) is 17.7 Å². The van der Waals surface area contributed by atoms with Crippen LogP contribution in [0.4, 0.5) is 0 Å². The fourth-order valence-corrected chi connectivity index (χ4v) is 3.07. The van der Waals surface area contributed by atoms with Crippen LogP contribution in [0, 0.1) is 0 Å². The minimum absolute atomic E-state index is 0.427. The smallest absolute Gasteiger partial charge is 0.168 e. The van der Waals surface area contributed by atoms with Crippen molar-refractivity contribution in [2.45, 2.75) is 50.5 Å². The first kappa shape index (κ1) is 12.1. The Morgan fingerprint density at radius 2 is 1.94 bits per heavy atom. The fourth-order valence-electron chi connectivity index (χ4n) is 3.07. The average Bonchev–Trinajstić information content (AvgIpc) is 3.03. The standard InChI is InChI=1S/C13H20N2O3/c1-2-15-11(3-8-14-15)12(16)4-6-13(7-5-12)17-9-10-18-13/h3,8,16H,2,4-7,9-10H2,1H3. The normalized spacial score (nSPS) is 25.7. The lowest BCUT2D eigenvalue weighted by Gasteiger charge is -2.40. The van der Waals surface area contributed by atoms with Gasteiger partial charge in [0.1, 0.15) is 5.60 Å². The number of nitrogens with zero attached hydrogens (tertiary/aromatic N) is 2. The predicted octanol–water partition coefficient (Wildman–Crippen LogP) is 1.41. The van der Waals surface area contributed by atoms with Gasteiger partial charge in [-0.25, -0.2) is 0 Å². The molecule has 0 amide bonds. The first-order valence-electron chi connectivity index (χ1n) is 6.70. The van der Waals surface area contributed by atoms with Crippen molar-refractivity contribution in [3.05, 3.63) is 18.0 Å². The number of hydrogen-bond donors (Lipinski definition) is 1. The Balaban J connectivity index is 1.78. The molecule has 1 aliphatic heterocycles. The van der Waals surface area contributed by atoms with E-state index >= 15 is 0 Å². The molecular formula is C13H20N2O3. The third-order valence-electron chi connectivity index (χ3n) is 4.15. The van der Waals surface area contributed by atoms with Crippen LogP contribution in [0.1, 0.15) is 38.3 Å². The van der Waals surface area contributed by atoms with Gasteiger partial charge in [0.15, 0.2) is 5.79 Å². The molecule has 5 heteroatoms. The van der Waals surface area contributed by atoms with Crippen LogP contribution in [-0.4, -0.2) is 33.9 Å². The van der Waals surface area contributed by atoms with Crippen LogP contribution in [-0.2, 0) is 21.6 Å². The van der Waals surface area contributed by atoms with Crippen LogP contribution in [0.3, 0.4) is 0 Å². The van der Waals surface area contributed by atoms with E-state index in [1.54, 1.807) is 6.20 Å². The van der Waals surface area contributed by atoms with Gasteiger partial charge >= 0.3 is 0 Å². The van der Waals surface area contributed by atoms with Gasteiger partial charge in [-0.1, -0.05) is 0 Å². The zero-order valence-corrected chi connectivity index (χ0v) is 10.8. The summed E-state index contributed by atoms with van der Waals surface area (Å²) in [6.45, 7) is 4.16. The molecule has 2 aliphatic rings. The first-order chi connectivity index (χ1) is 8.68. The van der Waals surface area contributed by atoms with Gasteiger partial charge in [-0.2, -0.15) is 5.10 Å². The molecule has 100 valence electrons. The average molecular weight is 252 g/mol. The Hall–Kier alpha value is -0.910. The van der Waals surface area contributed by atoms with Crippen LogP contribution in [0.2, 0.25) is 0 Å². The third-order valence-corrected chi connectivity index (χ3v) is 4.15. The second-order valence-electron chi connectivity index (χ2n) is 5.17. The van der Waals surface area contributed by atoms with E-state index in [1.165, 1.54) is 0 Å². The van der Waals surface area contributed by atoms with E-state index in [0.717, 1.165) is 25.1 Å². The lowest BCUT2D eigenvalue weighted by Crippen LogP contribution is -2.43. The highest BCUT2D eigenvalue weighted by Crippen LogP contribution is 2.44. The van der Waals surface area contributed by atoms with E-state index < -0.39 is 11.4 Å². The van der Waals surface area contributed by atoms with E-state index in [4.69, 9.17) is 9.47 Å². The number of hydrogen-bond acceptors (Lipinski definition) is 4. The second-order valence-corrected chi connectivity index (χ2v) is 5.17. The lowest BCUT2D eigenvalue weighted by atomic mass is 9.79. The zero-order valence-electron chi connectivity index (χ0n) is 10.8. The molecule has 1 saturated heterocycles. The van der Waals surface area contributed by atoms with Crippen LogP contribution >= 0.6 is 0 Å². The first-order valence-corrected chi connectivity index (χ1v) is 6.70. The van der Waals surface area contributed by atoms with Crippen molar-refractivity contribution >= 4 is 0 Å². The van der Waals surface area contributed by atoms with Crippen molar-refractivity contribution < 1.29 is 14.6 Å². The molecule has 1 N–H and O–H groups in total. The van der Waals surface area contributed by atoms with Crippen LogP contribution in [0.15, 0.2) is 12.3 Å². The van der Waals surface area contributed by atoms with Gasteiger partial charge in [0.25, 0.3) is 0 Å². The Morgan fingerprint density at radius 3 is 2.56 bits per heavy atom. The molecule has 1 saturated carbocycles. The molecule has 5 nitrogen and oxygen atoms in total. The maximum absolute atomic E-state index is 10.8. The maximum Gasteiger partial charge on any atom is 0.168 e. The van der Waals surface area contributed by atoms with Gasteiger partial charge in [-0.3, -0.25) is 4.68 Å². The Bertz CT molecular complexity index is 414. The van der Waals surface area contributed by atoms with Crippen molar-refractivity contribution in [2.24, 2.45) is 0 Å². The summed E-state index contributed by atoms with van der Waals surface area (Å²) in [5.74, 6) is -0.427. The highest BCUT2D eigenvalue weighted by molar-refractivity contribution is 5.14. The predicted molar refractivity (Wildman–Crippen MR) is 64.9 cm³/mol. The number of aromatic nitrogens is 2. The number of ether oxygens (including phenoxy) is 2. The second kappa shape index (κ2) is 4.33. The fraction of sp³-hybridized carbons (Fsp3) is 0.769. The van der Waals surface area contributed by atoms with Crippen LogP contribution < -0.4 is 0 Å². The summed E-state index contributed by atoms with van der Waals surface area (Å²) in [6, 6.07) is 1.91. The molecule has 3 rings (SSSR count). The number of aliphatic hydroxyl groups is 1. The summed E-state index contributed by atoms with van der Waals surface area (Å²) in [5, 5.41) is 15.1. The largest absolute Gasteiger partial charge is 0.384 e. The third kappa shape index (κ3) is 1.86. The Morgan fingerprint density at radius 1 is 1.28 bits per heavy atom. The summed E-state index contributed by atoms with van der Waals surface area (Å²) < 4.78 is 13.3. The van der Waals surface area contributed by atoms with Gasteiger partial charge in [0.2, 0.25) is 0 Å². The van der Waals surface area contributed by atoms with E-state index in [2.05, 4.69) is 5.10 Å². The molecule has 0 atom stereocenters. The van der Waals surface area contributed by atoms with Gasteiger partial charge in [0.05, 0.1) is 18.9 Å². The summed E-state index contributed by atoms with van der Waals surface area (Å²) >= 11 is 0. The van der Waals surface area contributed by atoms with Crippen molar-refractivity contribution in [2.75, 3.05) is 13.2 Å². The summed E-state index contributed by atoms with van der Waals surface area (Å²) in [7, 11) is 0. The Labute approximate surface area is 107 Å². The van der Waals surface area contributed by atoms with Crippen molar-refractivity contribution in [3.63, 3.8) is 0 Å². The van der Waals surface area contributed by atoms with Crippen LogP contribution in [0.5, 0.6) is 0 Å². The van der Waals surface area contributed by atoms with E-state index in [-0.39, 0.29) is 0 Å². The molecule has 18 heavy (non-hydrogen) atoms. The molecule has 0 aromatic carbocycles. The molecule has 0 radical (unpaired) electrons. The quantitative estimate of drug-likeness (QED) is 0.864. The molecule has 0 bridgehead atoms. The molecule has 1 spiro atoms. The summed E-state index contributed by atoms with van der Waals surface area (Å²) in [4.78, 5) is 0. The lowest BCUT2D eigenvalue weighted by molar-refractivity contribution is -0.205. The molecule has 2 heterocycles. The molecule has 1 aromatic heterocycles. The summed E-state index contributed by atoms with van der Waals surface area (Å²) in [5.41, 5.74) is 0.130. The molecule has 2 fully saturated rings. The highest BCUT2D eigenvalue weighted by Gasteiger charge is 2.47. The molecule has 1 aliphatic carbocycles. The highest BCUT2D eigenvalue weighted by atomic mass is 16.7. The maximum atomic E-state index is 10.8. The van der Waals surface area contributed by atoms with E-state index in [9.17, 15) is 5.11 Å². The van der Waals surface area contributed by atoms with Crippen molar-refractivity contribution in [1.29, 1.82) is 0 Å². The van der Waals surface area contributed by atoms with Gasteiger partial charge in [0, 0.05) is 25.6 Å². The van der Waals surface area contributed by atoms with Crippen molar-refractivity contribution in [1.82, 2.24) is 9.78 Å². The van der Waals surface area contributed by atoms with Gasteiger partial charge in [-0.05, 0) is 25.8 Å². The topological polar surface area (TPSA) is 56.5 Å². The van der Waals surface area contributed by atoms with Gasteiger partial charge in [-0.15, -0.1) is 0 Å². The Kier molecular flexibility index (Phi) is 2.92. The van der Waals surface area contributed by atoms with Crippen molar-refractivity contribution in [3.8, 4) is 0 Å². The summed E-state index contributed by atoms with van der Waals surface area (Å²) in [6.07, 6.45) is 4.58. The SMILES string of the molecule is CCn1nccc1C1(O)CCC2(CC1)OCCO2. The monoisotopic (exact) mass is 252 g/mol. The molecule has 0 unspecified atom stereocenters. The van der Waals surface area contributed by atoms with Crippen LogP contribution in [0.25, 0.3) is 0 Å². The van der Waals surface area contributed by atoms with E-state index in [0.29, 0.717) is 26.1 Å². The number of rotatable bonds is 2. The minimum Gasteiger partial charge on any atom is -0.384 e.